The molecule has 9 heteroatoms. The molecule has 3 aliphatic rings. The minimum absolute atomic E-state index is 0.0785. The van der Waals surface area contributed by atoms with Gasteiger partial charge in [0.15, 0.2) is 0 Å². The van der Waals surface area contributed by atoms with Gasteiger partial charge in [-0.1, -0.05) is 57.2 Å². The summed E-state index contributed by atoms with van der Waals surface area (Å²) < 4.78 is 0. The van der Waals surface area contributed by atoms with Crippen LogP contribution in [0.25, 0.3) is 10.4 Å². The lowest BCUT2D eigenvalue weighted by atomic mass is 9.92. The number of benzene rings is 1. The van der Waals surface area contributed by atoms with Crippen LogP contribution in [0, 0.1) is 18.8 Å². The Balaban J connectivity index is 1.26. The Morgan fingerprint density at radius 1 is 1.23 bits per heavy atom. The summed E-state index contributed by atoms with van der Waals surface area (Å²) in [6.45, 7) is 8.76. The summed E-state index contributed by atoms with van der Waals surface area (Å²) in [4.78, 5) is 49.0. The Morgan fingerprint density at radius 2 is 1.97 bits per heavy atom. The van der Waals surface area contributed by atoms with Crippen molar-refractivity contribution >= 4 is 29.1 Å². The predicted octanol–water partition coefficient (Wildman–Crippen LogP) is 3.46. The van der Waals surface area contributed by atoms with Crippen LogP contribution in [0.4, 0.5) is 0 Å². The quantitative estimate of drug-likeness (QED) is 0.552. The van der Waals surface area contributed by atoms with Crippen molar-refractivity contribution in [2.24, 2.45) is 11.8 Å². The molecule has 0 radical (unpaired) electrons. The van der Waals surface area contributed by atoms with E-state index < -0.39 is 18.2 Å². The van der Waals surface area contributed by atoms with Gasteiger partial charge >= 0.3 is 0 Å². The van der Waals surface area contributed by atoms with Crippen molar-refractivity contribution in [1.29, 1.82) is 0 Å². The fourth-order valence-corrected chi connectivity index (χ4v) is 6.70. The number of nitrogens with one attached hydrogen (secondary N) is 1. The van der Waals surface area contributed by atoms with Gasteiger partial charge in [-0.2, -0.15) is 0 Å². The molecule has 4 unspecified atom stereocenters. The molecule has 2 N–H and O–H groups in total. The van der Waals surface area contributed by atoms with Crippen molar-refractivity contribution in [2.45, 2.75) is 65.3 Å². The van der Waals surface area contributed by atoms with E-state index >= 15 is 0 Å². The van der Waals surface area contributed by atoms with E-state index in [1.807, 2.05) is 62.7 Å². The van der Waals surface area contributed by atoms with Crippen LogP contribution < -0.4 is 5.32 Å². The highest BCUT2D eigenvalue weighted by atomic mass is 32.1. The molecule has 1 saturated heterocycles. The molecule has 3 heterocycles. The zero-order chi connectivity index (χ0) is 27.8. The lowest BCUT2D eigenvalue weighted by Gasteiger charge is -2.35. The minimum atomic E-state index is -0.788. The predicted molar refractivity (Wildman–Crippen MR) is 151 cm³/mol. The van der Waals surface area contributed by atoms with E-state index in [1.165, 1.54) is 4.90 Å². The Labute approximate surface area is 233 Å². The summed E-state index contributed by atoms with van der Waals surface area (Å²) in [5.74, 6) is -0.494. The summed E-state index contributed by atoms with van der Waals surface area (Å²) >= 11 is 1.59. The van der Waals surface area contributed by atoms with Gasteiger partial charge in [0, 0.05) is 31.6 Å². The standard InChI is InChI=1S/C30H36N4O4S/c1-17(2)26(34-14-22-11-18(3)5-10-24(22)29(34)37)30(38)33-15-23(35)12-25(33)28(36)31-13-20-6-8-21(9-7-20)27-19(4)32-16-39-27/h5-10,16-18,23,25-26,35H,11-15H2,1-4H3,(H,31,36). The lowest BCUT2D eigenvalue weighted by Crippen LogP contribution is -2.56. The Kier molecular flexibility index (Phi) is 7.73. The Hall–Kier alpha value is -3.30. The van der Waals surface area contributed by atoms with Crippen LogP contribution in [0.1, 0.15) is 44.9 Å². The summed E-state index contributed by atoms with van der Waals surface area (Å²) in [5.41, 5.74) is 6.60. The molecule has 0 bridgehead atoms. The maximum Gasteiger partial charge on any atom is 0.254 e. The Bertz CT molecular complexity index is 1330. The van der Waals surface area contributed by atoms with Gasteiger partial charge in [0.05, 0.1) is 22.2 Å². The Morgan fingerprint density at radius 3 is 2.64 bits per heavy atom. The largest absolute Gasteiger partial charge is 0.391 e. The van der Waals surface area contributed by atoms with Gasteiger partial charge in [-0.3, -0.25) is 14.4 Å². The van der Waals surface area contributed by atoms with Crippen molar-refractivity contribution in [2.75, 3.05) is 13.1 Å². The number of aliphatic hydroxyl groups excluding tert-OH is 1. The van der Waals surface area contributed by atoms with E-state index in [9.17, 15) is 19.5 Å². The number of aryl methyl sites for hydroxylation is 1. The molecule has 5 rings (SSSR count). The molecule has 1 aliphatic carbocycles. The average Bonchev–Trinajstić information content (AvgIpc) is 3.59. The van der Waals surface area contributed by atoms with Crippen LogP contribution in [0.2, 0.25) is 0 Å². The van der Waals surface area contributed by atoms with Gasteiger partial charge in [0.25, 0.3) is 5.91 Å². The molecule has 3 amide bonds. The smallest absolute Gasteiger partial charge is 0.254 e. The van der Waals surface area contributed by atoms with Crippen LogP contribution in [0.15, 0.2) is 53.1 Å². The van der Waals surface area contributed by atoms with Gasteiger partial charge in [-0.25, -0.2) is 4.98 Å². The molecule has 1 aromatic heterocycles. The monoisotopic (exact) mass is 548 g/mol. The van der Waals surface area contributed by atoms with Crippen LogP contribution >= 0.6 is 11.3 Å². The van der Waals surface area contributed by atoms with Gasteiger partial charge in [0.2, 0.25) is 11.8 Å². The first-order valence-corrected chi connectivity index (χ1v) is 14.5. The molecular formula is C30H36N4O4S. The molecule has 2 aromatic rings. The molecule has 0 spiro atoms. The van der Waals surface area contributed by atoms with Crippen LogP contribution in [0.5, 0.6) is 0 Å². The molecule has 1 fully saturated rings. The number of aliphatic hydroxyl groups is 1. The number of thiazole rings is 1. The highest BCUT2D eigenvalue weighted by Gasteiger charge is 2.46. The van der Waals surface area contributed by atoms with Gasteiger partial charge in [0.1, 0.15) is 12.1 Å². The molecule has 1 aromatic carbocycles. The number of carbonyl (C=O) groups excluding carboxylic acids is 3. The zero-order valence-corrected chi connectivity index (χ0v) is 23.7. The second kappa shape index (κ2) is 11.1. The number of carbonyl (C=O) groups is 3. The first-order valence-electron chi connectivity index (χ1n) is 13.6. The summed E-state index contributed by atoms with van der Waals surface area (Å²) in [6.07, 6.45) is 4.12. The number of amides is 3. The number of allylic oxidation sites excluding steroid dienone is 1. The first-order chi connectivity index (χ1) is 18.6. The molecule has 4 atom stereocenters. The number of likely N-dealkylation sites (tertiary alicyclic amines) is 1. The van der Waals surface area contributed by atoms with E-state index in [4.69, 9.17) is 0 Å². The SMILES string of the molecule is Cc1ncsc1-c1ccc(CNC(=O)C2CC(O)CN2C(=O)C(C(C)C)N2CC3=C(C=CC(C)C3)C2=O)cc1. The maximum atomic E-state index is 13.9. The number of aromatic nitrogens is 1. The van der Waals surface area contributed by atoms with Crippen LogP contribution in [-0.4, -0.2) is 68.9 Å². The lowest BCUT2D eigenvalue weighted by molar-refractivity contribution is -0.148. The van der Waals surface area contributed by atoms with Gasteiger partial charge in [-0.05, 0) is 41.9 Å². The third-order valence-electron chi connectivity index (χ3n) is 7.91. The fraction of sp³-hybridized carbons (Fsp3) is 0.467. The topological polar surface area (TPSA) is 103 Å². The zero-order valence-electron chi connectivity index (χ0n) is 22.9. The van der Waals surface area contributed by atoms with E-state index in [0.29, 0.717) is 24.6 Å². The van der Waals surface area contributed by atoms with E-state index in [0.717, 1.165) is 33.7 Å². The van der Waals surface area contributed by atoms with Crippen LogP contribution in [-0.2, 0) is 20.9 Å². The van der Waals surface area contributed by atoms with Gasteiger partial charge < -0.3 is 20.2 Å². The molecule has 8 nitrogen and oxygen atoms in total. The summed E-state index contributed by atoms with van der Waals surface area (Å²) in [5, 5.41) is 13.4. The molecule has 206 valence electrons. The number of rotatable bonds is 7. The second-order valence-corrected chi connectivity index (χ2v) is 12.1. The van der Waals surface area contributed by atoms with Crippen molar-refractivity contribution in [3.8, 4) is 10.4 Å². The van der Waals surface area contributed by atoms with Crippen molar-refractivity contribution in [3.63, 3.8) is 0 Å². The summed E-state index contributed by atoms with van der Waals surface area (Å²) in [7, 11) is 0. The number of nitrogens with zero attached hydrogens (tertiary/aromatic N) is 3. The van der Waals surface area contributed by atoms with E-state index in [-0.39, 0.29) is 36.6 Å². The molecule has 2 aliphatic heterocycles. The highest BCUT2D eigenvalue weighted by Crippen LogP contribution is 2.34. The van der Waals surface area contributed by atoms with E-state index in [2.05, 4.69) is 17.2 Å². The summed E-state index contributed by atoms with van der Waals surface area (Å²) in [6, 6.07) is 6.49. The molecular weight excluding hydrogens is 512 g/mol. The third-order valence-corrected chi connectivity index (χ3v) is 8.88. The van der Waals surface area contributed by atoms with Crippen LogP contribution in [0.3, 0.4) is 0 Å². The number of β-amino-alcohol motifs (C(OH)–C–C–N with tert-alkyl or cyclic N) is 1. The van der Waals surface area contributed by atoms with Crippen molar-refractivity contribution in [1.82, 2.24) is 20.1 Å². The molecule has 39 heavy (non-hydrogen) atoms. The fourth-order valence-electron chi connectivity index (χ4n) is 5.89. The van der Waals surface area contributed by atoms with Crippen molar-refractivity contribution in [3.05, 3.63) is 64.3 Å². The maximum absolute atomic E-state index is 13.9. The average molecular weight is 549 g/mol. The number of hydrogen-bond acceptors (Lipinski definition) is 6. The third kappa shape index (κ3) is 5.43. The van der Waals surface area contributed by atoms with Crippen molar-refractivity contribution < 1.29 is 19.5 Å². The first kappa shape index (κ1) is 27.3. The molecule has 0 saturated carbocycles. The minimum Gasteiger partial charge on any atom is -0.391 e. The van der Waals surface area contributed by atoms with E-state index in [1.54, 1.807) is 16.2 Å². The normalized spacial score (nSPS) is 23.5. The second-order valence-electron chi connectivity index (χ2n) is 11.3. The number of hydrogen-bond donors (Lipinski definition) is 2. The highest BCUT2D eigenvalue weighted by molar-refractivity contribution is 7.13. The van der Waals surface area contributed by atoms with Gasteiger partial charge in [-0.15, -0.1) is 11.3 Å².